The lowest BCUT2D eigenvalue weighted by Crippen LogP contribution is -2.50. The van der Waals surface area contributed by atoms with Gasteiger partial charge in [0.1, 0.15) is 11.5 Å². The maximum Gasteiger partial charge on any atom is 0.243 e. The van der Waals surface area contributed by atoms with Gasteiger partial charge in [0, 0.05) is 26.2 Å². The van der Waals surface area contributed by atoms with Crippen molar-refractivity contribution in [3.05, 3.63) is 47.5 Å². The van der Waals surface area contributed by atoms with Crippen molar-refractivity contribution in [2.75, 3.05) is 39.4 Å². The van der Waals surface area contributed by atoms with Crippen molar-refractivity contribution in [3.63, 3.8) is 0 Å². The monoisotopic (exact) mass is 482 g/mol. The molecule has 0 saturated carbocycles. The molecule has 2 aromatic rings. The lowest BCUT2D eigenvalue weighted by molar-refractivity contribution is 0.272. The average Bonchev–Trinajstić information content (AvgIpc) is 2.76. The fraction of sp³-hybridized carbons (Fsp3) is 0.455. The highest BCUT2D eigenvalue weighted by Gasteiger charge is 2.34. The van der Waals surface area contributed by atoms with Gasteiger partial charge in [0.15, 0.2) is 0 Å². The van der Waals surface area contributed by atoms with Gasteiger partial charge in [-0.15, -0.1) is 0 Å². The van der Waals surface area contributed by atoms with Crippen LogP contribution < -0.4 is 9.47 Å². The van der Waals surface area contributed by atoms with E-state index < -0.39 is 20.0 Å². The van der Waals surface area contributed by atoms with Crippen LogP contribution in [0.2, 0.25) is 0 Å². The molecule has 10 heteroatoms. The molecule has 1 fully saturated rings. The molecule has 0 aromatic heterocycles. The lowest BCUT2D eigenvalue weighted by atomic mass is 10.2. The standard InChI is InChI=1S/C22H30N2O6S2/c1-5-29-21-9-7-19(15-17(21)3)31(25,26)23-11-13-24(14-12-23)32(27,28)20-8-10-22(30-6-2)18(4)16-20/h7-10,15-16H,5-6,11-14H2,1-4H3. The molecule has 2 aromatic carbocycles. The van der Waals surface area contributed by atoms with Crippen LogP contribution in [0, 0.1) is 13.8 Å². The Balaban J connectivity index is 1.74. The summed E-state index contributed by atoms with van der Waals surface area (Å²) in [4.78, 5) is 0.355. The zero-order valence-corrected chi connectivity index (χ0v) is 20.5. The van der Waals surface area contributed by atoms with Gasteiger partial charge in [-0.1, -0.05) is 0 Å². The van der Waals surface area contributed by atoms with Crippen molar-refractivity contribution >= 4 is 20.0 Å². The number of ether oxygens (including phenoxy) is 2. The van der Waals surface area contributed by atoms with Crippen molar-refractivity contribution in [2.45, 2.75) is 37.5 Å². The molecule has 0 N–H and O–H groups in total. The van der Waals surface area contributed by atoms with Crippen LogP contribution in [0.1, 0.15) is 25.0 Å². The van der Waals surface area contributed by atoms with Gasteiger partial charge in [0.25, 0.3) is 0 Å². The van der Waals surface area contributed by atoms with E-state index in [-0.39, 0.29) is 36.0 Å². The predicted molar refractivity (Wildman–Crippen MR) is 122 cm³/mol. The Hall–Kier alpha value is -2.14. The Labute approximate surface area is 190 Å². The second kappa shape index (κ2) is 9.78. The third-order valence-electron chi connectivity index (χ3n) is 5.37. The molecule has 32 heavy (non-hydrogen) atoms. The SMILES string of the molecule is CCOc1ccc(S(=O)(=O)N2CCN(S(=O)(=O)c3ccc(OCC)c(C)c3)CC2)cc1C. The van der Waals surface area contributed by atoms with Crippen LogP contribution in [0.5, 0.6) is 11.5 Å². The highest BCUT2D eigenvalue weighted by molar-refractivity contribution is 7.89. The zero-order chi connectivity index (χ0) is 23.5. The Morgan fingerprint density at radius 3 is 1.31 bits per heavy atom. The van der Waals surface area contributed by atoms with E-state index in [2.05, 4.69) is 0 Å². The summed E-state index contributed by atoms with van der Waals surface area (Å²) in [5.41, 5.74) is 1.47. The summed E-state index contributed by atoms with van der Waals surface area (Å²) in [6, 6.07) is 9.54. The van der Waals surface area contributed by atoms with Crippen LogP contribution in [0.25, 0.3) is 0 Å². The molecule has 0 radical (unpaired) electrons. The third kappa shape index (κ3) is 4.93. The van der Waals surface area contributed by atoms with E-state index in [0.29, 0.717) is 24.7 Å². The number of aryl methyl sites for hydroxylation is 2. The van der Waals surface area contributed by atoms with Gasteiger partial charge in [0.2, 0.25) is 20.0 Å². The van der Waals surface area contributed by atoms with Crippen LogP contribution in [0.15, 0.2) is 46.2 Å². The maximum absolute atomic E-state index is 13.1. The number of sulfonamides is 2. The van der Waals surface area contributed by atoms with Gasteiger partial charge in [0.05, 0.1) is 23.0 Å². The third-order valence-corrected chi connectivity index (χ3v) is 9.15. The van der Waals surface area contributed by atoms with E-state index in [1.54, 1.807) is 38.1 Å². The molecule has 1 aliphatic rings. The van der Waals surface area contributed by atoms with Crippen LogP contribution in [0.3, 0.4) is 0 Å². The summed E-state index contributed by atoms with van der Waals surface area (Å²) < 4.78 is 66.0. The highest BCUT2D eigenvalue weighted by Crippen LogP contribution is 2.27. The first-order chi connectivity index (χ1) is 15.1. The first kappa shape index (κ1) is 24.5. The summed E-state index contributed by atoms with van der Waals surface area (Å²) in [6.45, 7) is 8.68. The quantitative estimate of drug-likeness (QED) is 0.574. The minimum atomic E-state index is -3.73. The molecule has 0 bridgehead atoms. The summed E-state index contributed by atoms with van der Waals surface area (Å²) in [7, 11) is -7.46. The van der Waals surface area contributed by atoms with E-state index in [1.165, 1.54) is 20.7 Å². The Kier molecular flexibility index (Phi) is 7.49. The number of hydrogen-bond acceptors (Lipinski definition) is 6. The smallest absolute Gasteiger partial charge is 0.243 e. The van der Waals surface area contributed by atoms with Crippen LogP contribution in [0.4, 0.5) is 0 Å². The fourth-order valence-corrected chi connectivity index (χ4v) is 6.66. The largest absolute Gasteiger partial charge is 0.494 e. The van der Waals surface area contributed by atoms with Crippen molar-refractivity contribution in [3.8, 4) is 11.5 Å². The number of rotatable bonds is 8. The van der Waals surface area contributed by atoms with E-state index in [4.69, 9.17) is 9.47 Å². The summed E-state index contributed by atoms with van der Waals surface area (Å²) in [5, 5.41) is 0. The van der Waals surface area contributed by atoms with Gasteiger partial charge in [-0.2, -0.15) is 8.61 Å². The minimum absolute atomic E-state index is 0.0871. The van der Waals surface area contributed by atoms with Crippen molar-refractivity contribution in [1.29, 1.82) is 0 Å². The number of benzene rings is 2. The first-order valence-electron chi connectivity index (χ1n) is 10.6. The topological polar surface area (TPSA) is 93.2 Å². The van der Waals surface area contributed by atoms with Gasteiger partial charge in [-0.05, 0) is 75.2 Å². The molecule has 8 nitrogen and oxygen atoms in total. The predicted octanol–water partition coefficient (Wildman–Crippen LogP) is 2.80. The normalized spacial score (nSPS) is 16.1. The van der Waals surface area contributed by atoms with Gasteiger partial charge in [-0.25, -0.2) is 16.8 Å². The van der Waals surface area contributed by atoms with Crippen LogP contribution in [-0.2, 0) is 20.0 Å². The van der Waals surface area contributed by atoms with Crippen molar-refractivity contribution in [1.82, 2.24) is 8.61 Å². The van der Waals surface area contributed by atoms with E-state index >= 15 is 0 Å². The van der Waals surface area contributed by atoms with Gasteiger partial charge >= 0.3 is 0 Å². The van der Waals surface area contributed by atoms with Crippen LogP contribution >= 0.6 is 0 Å². The minimum Gasteiger partial charge on any atom is -0.494 e. The molecule has 0 spiro atoms. The van der Waals surface area contributed by atoms with Crippen molar-refractivity contribution < 1.29 is 26.3 Å². The highest BCUT2D eigenvalue weighted by atomic mass is 32.2. The summed E-state index contributed by atoms with van der Waals surface area (Å²) in [5.74, 6) is 1.29. The zero-order valence-electron chi connectivity index (χ0n) is 18.9. The second-order valence-corrected chi connectivity index (χ2v) is 11.4. The molecular formula is C22H30N2O6S2. The van der Waals surface area contributed by atoms with Gasteiger partial charge in [-0.3, -0.25) is 0 Å². The fourth-order valence-electron chi connectivity index (χ4n) is 3.65. The molecule has 0 unspecified atom stereocenters. The Bertz CT molecular complexity index is 1080. The molecule has 0 amide bonds. The molecule has 1 saturated heterocycles. The lowest BCUT2D eigenvalue weighted by Gasteiger charge is -2.33. The maximum atomic E-state index is 13.1. The van der Waals surface area contributed by atoms with E-state index in [9.17, 15) is 16.8 Å². The van der Waals surface area contributed by atoms with Crippen molar-refractivity contribution in [2.24, 2.45) is 0 Å². The molecule has 1 heterocycles. The molecule has 3 rings (SSSR count). The first-order valence-corrected chi connectivity index (χ1v) is 13.5. The molecular weight excluding hydrogens is 452 g/mol. The number of piperazine rings is 1. The van der Waals surface area contributed by atoms with Gasteiger partial charge < -0.3 is 9.47 Å². The Morgan fingerprint density at radius 2 is 1.03 bits per heavy atom. The number of nitrogens with zero attached hydrogens (tertiary/aromatic N) is 2. The van der Waals surface area contributed by atoms with E-state index in [0.717, 1.165) is 11.1 Å². The van der Waals surface area contributed by atoms with Crippen LogP contribution in [-0.4, -0.2) is 64.8 Å². The summed E-state index contributed by atoms with van der Waals surface area (Å²) >= 11 is 0. The molecule has 0 aliphatic carbocycles. The molecule has 176 valence electrons. The van der Waals surface area contributed by atoms with E-state index in [1.807, 2.05) is 13.8 Å². The summed E-state index contributed by atoms with van der Waals surface area (Å²) in [6.07, 6.45) is 0. The second-order valence-electron chi connectivity index (χ2n) is 7.53. The average molecular weight is 483 g/mol. The number of hydrogen-bond donors (Lipinski definition) is 0. The Morgan fingerprint density at radius 1 is 0.688 bits per heavy atom. The molecule has 0 atom stereocenters. The molecule has 1 aliphatic heterocycles.